The molecule has 1 aliphatic heterocycles. The van der Waals surface area contributed by atoms with Gasteiger partial charge in [-0.2, -0.15) is 0 Å². The summed E-state index contributed by atoms with van der Waals surface area (Å²) in [7, 11) is 0. The highest BCUT2D eigenvalue weighted by molar-refractivity contribution is 5.74. The van der Waals surface area contributed by atoms with E-state index in [-0.39, 0.29) is 44.4 Å². The first-order valence-corrected chi connectivity index (χ1v) is 15.4. The van der Waals surface area contributed by atoms with Gasteiger partial charge in [0, 0.05) is 5.57 Å². The van der Waals surface area contributed by atoms with Crippen LogP contribution in [0.15, 0.2) is 35.1 Å². The normalized spacial score (nSPS) is 19.2. The van der Waals surface area contributed by atoms with E-state index in [1.54, 1.807) is 0 Å². The van der Waals surface area contributed by atoms with E-state index in [0.717, 1.165) is 21.7 Å². The van der Waals surface area contributed by atoms with Gasteiger partial charge in [0.25, 0.3) is 0 Å². The minimum absolute atomic E-state index is 0.117. The Kier molecular flexibility index (Phi) is 17.9. The van der Waals surface area contributed by atoms with Gasteiger partial charge in [0.15, 0.2) is 0 Å². The van der Waals surface area contributed by atoms with Crippen molar-refractivity contribution in [2.45, 2.75) is 101 Å². The summed E-state index contributed by atoms with van der Waals surface area (Å²) in [6.45, 7) is 1.02. The molecule has 260 valence electrons. The van der Waals surface area contributed by atoms with Gasteiger partial charge >= 0.3 is 29.8 Å². The molecule has 0 radical (unpaired) electrons. The van der Waals surface area contributed by atoms with Crippen molar-refractivity contribution in [3.05, 3.63) is 35.1 Å². The molecular weight excluding hydrogens is 604 g/mol. The zero-order valence-corrected chi connectivity index (χ0v) is 26.1. The van der Waals surface area contributed by atoms with Crippen molar-refractivity contribution in [3.8, 4) is 0 Å². The number of aliphatic carboxylic acids is 5. The molecular formula is C30H51N6O10+. The summed E-state index contributed by atoms with van der Waals surface area (Å²) in [6.07, 6.45) is 8.96. The van der Waals surface area contributed by atoms with Gasteiger partial charge in [-0.3, -0.25) is 28.9 Å². The van der Waals surface area contributed by atoms with Crippen LogP contribution in [0.2, 0.25) is 0 Å². The number of quaternary nitrogens is 1. The maximum atomic E-state index is 11.5. The summed E-state index contributed by atoms with van der Waals surface area (Å²) < 4.78 is 0. The van der Waals surface area contributed by atoms with Gasteiger partial charge < -0.3 is 54.2 Å². The molecule has 0 aromatic rings. The highest BCUT2D eigenvalue weighted by atomic mass is 16.4. The molecule has 0 spiro atoms. The Labute approximate surface area is 267 Å². The van der Waals surface area contributed by atoms with Gasteiger partial charge in [0.2, 0.25) is 0 Å². The molecule has 16 heteroatoms. The van der Waals surface area contributed by atoms with Crippen LogP contribution in [-0.4, -0.2) is 98.7 Å². The third kappa shape index (κ3) is 15.1. The fourth-order valence-electron chi connectivity index (χ4n) is 5.12. The van der Waals surface area contributed by atoms with Crippen molar-refractivity contribution < 1.29 is 54.4 Å². The number of carboxylic acid groups (broad SMARTS) is 5. The molecule has 6 unspecified atom stereocenters. The number of allylic oxidation sites excluding steroid dienone is 4. The van der Waals surface area contributed by atoms with Crippen molar-refractivity contribution in [3.63, 3.8) is 0 Å². The average Bonchev–Trinajstić information content (AvgIpc) is 2.99. The lowest BCUT2D eigenvalue weighted by Crippen LogP contribution is -3.10. The molecule has 0 aromatic heterocycles. The van der Waals surface area contributed by atoms with Crippen LogP contribution in [0, 0.1) is 5.92 Å². The Morgan fingerprint density at radius 2 is 1.07 bits per heavy atom. The van der Waals surface area contributed by atoms with E-state index in [9.17, 15) is 44.4 Å². The highest BCUT2D eigenvalue weighted by Gasteiger charge is 2.27. The Balaban J connectivity index is 3.48. The van der Waals surface area contributed by atoms with Crippen LogP contribution in [0.4, 0.5) is 0 Å². The molecule has 0 amide bonds. The zero-order valence-electron chi connectivity index (χ0n) is 26.1. The monoisotopic (exact) mass is 655 g/mol. The van der Waals surface area contributed by atoms with E-state index in [1.165, 1.54) is 0 Å². The molecule has 0 saturated heterocycles. The molecule has 6 atom stereocenters. The standard InChI is InChI=1S/C30H50N6O10/c31-20(26(37)38)3-1-2-14-36-16-18(6-11-23(34)29(43)44)15-19(8-12-24(35)30(45)46)25(36)13-7-17(4-9-21(32)27(39)40)5-10-22(33)28(41)42/h7,13,15,17,20-24H,1-6,8-12,14,16,31-35H2,(H,37,38)(H,39,40)(H,41,42)(H,43,44)(H,45,46)/p+1. The number of hydrogen-bond donors (Lipinski definition) is 11. The smallest absolute Gasteiger partial charge is 0.320 e. The molecule has 0 bridgehead atoms. The average molecular weight is 656 g/mol. The van der Waals surface area contributed by atoms with Gasteiger partial charge in [-0.25, -0.2) is 0 Å². The summed E-state index contributed by atoms with van der Waals surface area (Å²) in [6, 6.07) is -5.39. The third-order valence-electron chi connectivity index (χ3n) is 8.11. The summed E-state index contributed by atoms with van der Waals surface area (Å²) in [5.74, 6) is -5.97. The molecule has 0 fully saturated rings. The lowest BCUT2D eigenvalue weighted by atomic mass is 9.90. The van der Waals surface area contributed by atoms with Crippen LogP contribution in [0.1, 0.15) is 70.6 Å². The fourth-order valence-corrected chi connectivity index (χ4v) is 5.12. The quantitative estimate of drug-likeness (QED) is 0.0532. The molecule has 46 heavy (non-hydrogen) atoms. The predicted octanol–water partition coefficient (Wildman–Crippen LogP) is -1.41. The third-order valence-corrected chi connectivity index (χ3v) is 8.11. The minimum atomic E-state index is -1.16. The number of hydrogen-bond acceptors (Lipinski definition) is 10. The van der Waals surface area contributed by atoms with Crippen LogP contribution < -0.4 is 33.6 Å². The molecule has 0 aromatic carbocycles. The molecule has 16 N–H and O–H groups in total. The molecule has 1 rings (SSSR count). The summed E-state index contributed by atoms with van der Waals surface area (Å²) in [5.41, 5.74) is 31.1. The molecule has 0 aliphatic carbocycles. The first-order chi connectivity index (χ1) is 21.5. The van der Waals surface area contributed by atoms with E-state index in [1.807, 2.05) is 18.2 Å². The molecule has 1 aliphatic rings. The molecule has 16 nitrogen and oxygen atoms in total. The maximum absolute atomic E-state index is 11.5. The van der Waals surface area contributed by atoms with E-state index in [4.69, 9.17) is 33.8 Å². The second-order valence-electron chi connectivity index (χ2n) is 11.8. The van der Waals surface area contributed by atoms with Crippen molar-refractivity contribution in [2.24, 2.45) is 34.6 Å². The van der Waals surface area contributed by atoms with Gasteiger partial charge in [-0.15, -0.1) is 0 Å². The first kappa shape index (κ1) is 40.4. The van der Waals surface area contributed by atoms with Crippen molar-refractivity contribution in [1.29, 1.82) is 0 Å². The lowest BCUT2D eigenvalue weighted by Gasteiger charge is -2.29. The number of carboxylic acids is 5. The zero-order chi connectivity index (χ0) is 35.0. The SMILES string of the molecule is NC(CCCC[NH+]1CC(CCC(N)C(=O)O)=CC(CCC(N)C(=O)O)=C1C=CC(CCC(N)C(=O)O)CCC(N)C(=O)O)C(=O)O. The Morgan fingerprint density at radius 1 is 0.630 bits per heavy atom. The summed E-state index contributed by atoms with van der Waals surface area (Å²) >= 11 is 0. The number of nitrogens with two attached hydrogens (primary N) is 5. The lowest BCUT2D eigenvalue weighted by molar-refractivity contribution is -0.854. The van der Waals surface area contributed by atoms with Crippen LogP contribution in [0.3, 0.4) is 0 Å². The largest absolute Gasteiger partial charge is 0.480 e. The first-order valence-electron chi connectivity index (χ1n) is 15.4. The van der Waals surface area contributed by atoms with Crippen molar-refractivity contribution in [1.82, 2.24) is 0 Å². The van der Waals surface area contributed by atoms with Crippen molar-refractivity contribution in [2.75, 3.05) is 13.1 Å². The van der Waals surface area contributed by atoms with E-state index in [2.05, 4.69) is 0 Å². The highest BCUT2D eigenvalue weighted by Crippen LogP contribution is 2.23. The number of unbranched alkanes of at least 4 members (excludes halogenated alkanes) is 1. The number of nitrogens with one attached hydrogen (secondary N) is 1. The maximum Gasteiger partial charge on any atom is 0.320 e. The second kappa shape index (κ2) is 20.5. The van der Waals surface area contributed by atoms with Crippen LogP contribution >= 0.6 is 0 Å². The van der Waals surface area contributed by atoms with Gasteiger partial charge in [0.05, 0.1) is 6.54 Å². The van der Waals surface area contributed by atoms with Crippen molar-refractivity contribution >= 4 is 29.8 Å². The van der Waals surface area contributed by atoms with E-state index in [0.29, 0.717) is 45.2 Å². The van der Waals surface area contributed by atoms with E-state index < -0.39 is 60.1 Å². The Hall–Kier alpha value is -3.67. The predicted molar refractivity (Wildman–Crippen MR) is 167 cm³/mol. The van der Waals surface area contributed by atoms with Crippen LogP contribution in [-0.2, 0) is 24.0 Å². The van der Waals surface area contributed by atoms with Gasteiger partial charge in [0.1, 0.15) is 42.5 Å². The van der Waals surface area contributed by atoms with Gasteiger partial charge in [-0.1, -0.05) is 6.08 Å². The Morgan fingerprint density at radius 3 is 1.54 bits per heavy atom. The van der Waals surface area contributed by atoms with Crippen LogP contribution in [0.25, 0.3) is 0 Å². The van der Waals surface area contributed by atoms with Gasteiger partial charge in [-0.05, 0) is 94.3 Å². The topological polar surface area (TPSA) is 321 Å². The summed E-state index contributed by atoms with van der Waals surface area (Å²) in [4.78, 5) is 57.5. The summed E-state index contributed by atoms with van der Waals surface area (Å²) in [5, 5.41) is 46.2. The molecule has 0 saturated carbocycles. The minimum Gasteiger partial charge on any atom is -0.480 e. The number of rotatable bonds is 24. The Bertz CT molecular complexity index is 1130. The molecule has 1 heterocycles. The second-order valence-corrected chi connectivity index (χ2v) is 11.8. The number of carbonyl (C=O) groups is 5. The fraction of sp³-hybridized carbons (Fsp3) is 0.633. The van der Waals surface area contributed by atoms with Crippen LogP contribution in [0.5, 0.6) is 0 Å². The van der Waals surface area contributed by atoms with E-state index >= 15 is 0 Å².